The van der Waals surface area contributed by atoms with Gasteiger partial charge in [0.1, 0.15) is 0 Å². The summed E-state index contributed by atoms with van der Waals surface area (Å²) in [6, 6.07) is 39.6. The molecular formula is C42H32Ir2N4-2. The fourth-order valence-electron chi connectivity index (χ4n) is 6.30. The fourth-order valence-corrected chi connectivity index (χ4v) is 6.30. The number of aromatic nitrogens is 4. The van der Waals surface area contributed by atoms with Gasteiger partial charge in [0.15, 0.2) is 0 Å². The van der Waals surface area contributed by atoms with Gasteiger partial charge in [0.05, 0.1) is 0 Å². The van der Waals surface area contributed by atoms with Gasteiger partial charge >= 0.3 is 0 Å². The SMILES string of the molecule is Cc1c(C)c(-c2ccccc2-c2c[c-]c(-c3ccccn3)cn2)c(C)c(C)c1-c1ccccc1-c1c[c-]c(-c2ccccn2)cn1.[Ir].[Ir]. The number of nitrogens with zero attached hydrogens (tertiary/aromatic N) is 4. The van der Waals surface area contributed by atoms with Crippen molar-refractivity contribution in [1.82, 2.24) is 19.9 Å². The summed E-state index contributed by atoms with van der Waals surface area (Å²) in [4.78, 5) is 18.6. The van der Waals surface area contributed by atoms with Crippen molar-refractivity contribution >= 4 is 0 Å². The third kappa shape index (κ3) is 6.63. The Morgan fingerprint density at radius 1 is 0.396 bits per heavy atom. The minimum Gasteiger partial charge on any atom is -0.352 e. The molecule has 0 fully saturated rings. The Hall–Kier alpha value is -4.44. The Morgan fingerprint density at radius 2 is 0.750 bits per heavy atom. The first kappa shape index (κ1) is 34.9. The summed E-state index contributed by atoms with van der Waals surface area (Å²) < 4.78 is 0. The smallest absolute Gasteiger partial charge is 0.0160 e. The molecule has 0 atom stereocenters. The van der Waals surface area contributed by atoms with Crippen LogP contribution in [0.25, 0.3) is 67.3 Å². The van der Waals surface area contributed by atoms with E-state index in [2.05, 4.69) is 98.3 Å². The van der Waals surface area contributed by atoms with E-state index in [1.807, 2.05) is 60.9 Å². The van der Waals surface area contributed by atoms with Crippen molar-refractivity contribution in [2.75, 3.05) is 0 Å². The van der Waals surface area contributed by atoms with Crippen molar-refractivity contribution < 1.29 is 40.2 Å². The summed E-state index contributed by atoms with van der Waals surface area (Å²) in [6.07, 6.45) is 7.30. The number of hydrogen-bond acceptors (Lipinski definition) is 4. The van der Waals surface area contributed by atoms with E-state index in [1.165, 1.54) is 33.4 Å². The summed E-state index contributed by atoms with van der Waals surface area (Å²) in [5.41, 5.74) is 17.2. The first-order valence-corrected chi connectivity index (χ1v) is 15.4. The Balaban J connectivity index is 0.00000225. The van der Waals surface area contributed by atoms with Gasteiger partial charge in [-0.2, -0.15) is 0 Å². The largest absolute Gasteiger partial charge is 0.352 e. The maximum Gasteiger partial charge on any atom is 0.0160 e. The van der Waals surface area contributed by atoms with Gasteiger partial charge in [-0.15, -0.1) is 35.4 Å². The summed E-state index contributed by atoms with van der Waals surface area (Å²) in [5.74, 6) is 0. The van der Waals surface area contributed by atoms with E-state index in [-0.39, 0.29) is 40.2 Å². The zero-order valence-electron chi connectivity index (χ0n) is 27.0. The average Bonchev–Trinajstić information content (AvgIpc) is 3.12. The number of rotatable bonds is 6. The van der Waals surface area contributed by atoms with Gasteiger partial charge in [-0.1, -0.05) is 85.2 Å². The molecule has 48 heavy (non-hydrogen) atoms. The first-order chi connectivity index (χ1) is 22.5. The van der Waals surface area contributed by atoms with Gasteiger partial charge in [0, 0.05) is 52.6 Å². The molecule has 0 unspecified atom stereocenters. The van der Waals surface area contributed by atoms with Gasteiger partial charge < -0.3 is 19.9 Å². The summed E-state index contributed by atoms with van der Waals surface area (Å²) in [6.45, 7) is 8.93. The van der Waals surface area contributed by atoms with Crippen molar-refractivity contribution in [2.45, 2.75) is 27.7 Å². The predicted molar refractivity (Wildman–Crippen MR) is 187 cm³/mol. The van der Waals surface area contributed by atoms with E-state index in [1.54, 1.807) is 12.4 Å². The van der Waals surface area contributed by atoms with Crippen LogP contribution in [0.2, 0.25) is 0 Å². The van der Waals surface area contributed by atoms with Crippen LogP contribution in [0.3, 0.4) is 0 Å². The normalized spacial score (nSPS) is 10.6. The van der Waals surface area contributed by atoms with Gasteiger partial charge in [0.25, 0.3) is 0 Å². The quantitative estimate of drug-likeness (QED) is 0.156. The van der Waals surface area contributed by atoms with Crippen LogP contribution in [-0.2, 0) is 40.2 Å². The van der Waals surface area contributed by atoms with E-state index in [4.69, 9.17) is 9.97 Å². The van der Waals surface area contributed by atoms with E-state index >= 15 is 0 Å². The molecule has 0 bridgehead atoms. The predicted octanol–water partition coefficient (Wildman–Crippen LogP) is 10.1. The number of pyridine rings is 4. The van der Waals surface area contributed by atoms with E-state index < -0.39 is 0 Å². The third-order valence-electron chi connectivity index (χ3n) is 8.85. The van der Waals surface area contributed by atoms with Crippen LogP contribution < -0.4 is 0 Å². The van der Waals surface area contributed by atoms with Gasteiger partial charge in [0.2, 0.25) is 0 Å². The molecular weight excluding hydrogens is 945 g/mol. The van der Waals surface area contributed by atoms with Crippen LogP contribution in [0.5, 0.6) is 0 Å². The zero-order chi connectivity index (χ0) is 31.6. The second kappa shape index (κ2) is 15.2. The molecule has 0 aliphatic heterocycles. The van der Waals surface area contributed by atoms with Crippen LogP contribution in [-0.4, -0.2) is 19.9 Å². The topological polar surface area (TPSA) is 51.6 Å². The van der Waals surface area contributed by atoms with Crippen molar-refractivity contribution in [1.29, 1.82) is 0 Å². The van der Waals surface area contributed by atoms with Crippen molar-refractivity contribution in [3.63, 3.8) is 0 Å². The summed E-state index contributed by atoms with van der Waals surface area (Å²) in [7, 11) is 0. The molecule has 0 aliphatic carbocycles. The molecule has 4 aromatic heterocycles. The third-order valence-corrected chi connectivity index (χ3v) is 8.85. The van der Waals surface area contributed by atoms with Crippen LogP contribution in [0.4, 0.5) is 0 Å². The van der Waals surface area contributed by atoms with Crippen LogP contribution in [0.1, 0.15) is 22.3 Å². The molecule has 0 N–H and O–H groups in total. The van der Waals surface area contributed by atoms with Gasteiger partial charge in [-0.25, -0.2) is 0 Å². The maximum absolute atomic E-state index is 4.87. The molecule has 4 heterocycles. The standard InChI is InChI=1S/C42H32N4.2Ir/c1-27-28(2)42(36-16-8-6-14-34(36)40-22-20-32(26-46-40)38-18-10-12-24-44-38)30(4)29(3)41(27)35-15-7-5-13-33(35)39-21-19-31(25-45-39)37-17-9-11-23-43-37;;/h5-18,21-26H,1-4H3;;/q-2;;. The van der Waals surface area contributed by atoms with E-state index in [9.17, 15) is 0 Å². The van der Waals surface area contributed by atoms with Crippen molar-refractivity contribution in [3.8, 4) is 67.3 Å². The van der Waals surface area contributed by atoms with Crippen LogP contribution >= 0.6 is 0 Å². The van der Waals surface area contributed by atoms with Gasteiger partial charge in [-0.3, -0.25) is 0 Å². The molecule has 240 valence electrons. The molecule has 0 aliphatic rings. The minimum absolute atomic E-state index is 0. The Morgan fingerprint density at radius 3 is 1.06 bits per heavy atom. The molecule has 4 nitrogen and oxygen atoms in total. The molecule has 0 saturated carbocycles. The summed E-state index contributed by atoms with van der Waals surface area (Å²) >= 11 is 0. The Bertz CT molecular complexity index is 1980. The van der Waals surface area contributed by atoms with Crippen molar-refractivity contribution in [2.24, 2.45) is 0 Å². The molecule has 7 rings (SSSR count). The minimum atomic E-state index is 0. The first-order valence-electron chi connectivity index (χ1n) is 15.4. The second-order valence-corrected chi connectivity index (χ2v) is 11.5. The zero-order valence-corrected chi connectivity index (χ0v) is 31.8. The van der Waals surface area contributed by atoms with E-state index in [0.717, 1.165) is 56.2 Å². The monoisotopic (exact) mass is 978 g/mol. The molecule has 6 heteroatoms. The maximum atomic E-state index is 4.87. The Kier molecular flexibility index (Phi) is 11.0. The van der Waals surface area contributed by atoms with E-state index in [0.29, 0.717) is 0 Å². The molecule has 0 spiro atoms. The molecule has 3 aromatic carbocycles. The second-order valence-electron chi connectivity index (χ2n) is 11.5. The van der Waals surface area contributed by atoms with Crippen molar-refractivity contribution in [3.05, 3.63) is 156 Å². The Labute approximate surface area is 309 Å². The molecule has 7 aromatic rings. The number of hydrogen-bond donors (Lipinski definition) is 0. The molecule has 0 saturated heterocycles. The average molecular weight is 977 g/mol. The fraction of sp³-hybridized carbons (Fsp3) is 0.0952. The van der Waals surface area contributed by atoms with Crippen LogP contribution in [0.15, 0.2) is 122 Å². The summed E-state index contributed by atoms with van der Waals surface area (Å²) in [5, 5.41) is 0. The molecule has 0 amide bonds. The molecule has 2 radical (unpaired) electrons. The van der Waals surface area contributed by atoms with Crippen LogP contribution in [0, 0.1) is 39.8 Å². The van der Waals surface area contributed by atoms with Gasteiger partial charge in [-0.05, 0) is 118 Å². The number of benzene rings is 3.